The van der Waals surface area contributed by atoms with Gasteiger partial charge in [0, 0.05) is 46.7 Å². The third-order valence-corrected chi connectivity index (χ3v) is 7.88. The van der Waals surface area contributed by atoms with E-state index in [-0.39, 0.29) is 43.7 Å². The number of nitrogens with one attached hydrogen (secondary N) is 1. The van der Waals surface area contributed by atoms with Gasteiger partial charge in [-0.2, -0.15) is 0 Å². The zero-order valence-corrected chi connectivity index (χ0v) is 24.6. The topological polar surface area (TPSA) is 86.8 Å². The molecule has 0 aromatic heterocycles. The summed E-state index contributed by atoms with van der Waals surface area (Å²) in [5.41, 5.74) is 1.01. The molecule has 7 nitrogen and oxygen atoms in total. The number of amides is 2. The van der Waals surface area contributed by atoms with E-state index in [1.54, 1.807) is 42.5 Å². The van der Waals surface area contributed by atoms with Gasteiger partial charge in [-0.25, -0.2) is 8.42 Å². The van der Waals surface area contributed by atoms with Crippen molar-refractivity contribution in [2.75, 3.05) is 23.7 Å². The normalized spacial score (nSPS) is 12.3. The molecule has 0 saturated carbocycles. The maximum absolute atomic E-state index is 13.5. The molecule has 2 aromatic rings. The van der Waals surface area contributed by atoms with Crippen molar-refractivity contribution in [3.8, 4) is 0 Å². The van der Waals surface area contributed by atoms with Crippen LogP contribution in [0.2, 0.25) is 15.1 Å². The van der Waals surface area contributed by atoms with Gasteiger partial charge in [-0.15, -0.1) is 0 Å². The zero-order valence-electron chi connectivity index (χ0n) is 21.5. The standard InChI is InChI=1S/C26H34Cl3N3O4S/c1-5-24(26(34)30-16-18(2)3)31(17-21-22(28)8-6-9-23(21)29)25(33)10-7-15-32(37(4,35)36)20-13-11-19(27)12-14-20/h6,8-9,11-14,18,24H,5,7,10,15-17H2,1-4H3,(H,30,34)/t24-/m1/s1. The Hall–Kier alpha value is -2.00. The van der Waals surface area contributed by atoms with E-state index in [9.17, 15) is 18.0 Å². The predicted molar refractivity (Wildman–Crippen MR) is 152 cm³/mol. The van der Waals surface area contributed by atoms with Crippen LogP contribution in [0.1, 0.15) is 45.6 Å². The summed E-state index contributed by atoms with van der Waals surface area (Å²) in [5, 5.41) is 4.19. The summed E-state index contributed by atoms with van der Waals surface area (Å²) in [7, 11) is -3.59. The molecule has 1 atom stereocenters. The van der Waals surface area contributed by atoms with Gasteiger partial charge < -0.3 is 10.2 Å². The summed E-state index contributed by atoms with van der Waals surface area (Å²) < 4.78 is 26.1. The number of carbonyl (C=O) groups is 2. The lowest BCUT2D eigenvalue weighted by Gasteiger charge is -2.32. The Kier molecular flexibility index (Phi) is 12.0. The monoisotopic (exact) mass is 589 g/mol. The molecular weight excluding hydrogens is 557 g/mol. The quantitative estimate of drug-likeness (QED) is 0.321. The van der Waals surface area contributed by atoms with Crippen molar-refractivity contribution in [2.24, 2.45) is 5.92 Å². The van der Waals surface area contributed by atoms with Gasteiger partial charge in [0.1, 0.15) is 6.04 Å². The molecule has 2 rings (SSSR count). The SMILES string of the molecule is CC[C@H](C(=O)NCC(C)C)N(Cc1c(Cl)cccc1Cl)C(=O)CCCN(c1ccc(Cl)cc1)S(C)(=O)=O. The number of rotatable bonds is 13. The van der Waals surface area contributed by atoms with Crippen molar-refractivity contribution in [3.63, 3.8) is 0 Å². The van der Waals surface area contributed by atoms with E-state index in [0.29, 0.717) is 39.3 Å². The summed E-state index contributed by atoms with van der Waals surface area (Å²) in [4.78, 5) is 28.0. The lowest BCUT2D eigenvalue weighted by atomic mass is 10.1. The highest BCUT2D eigenvalue weighted by atomic mass is 35.5. The van der Waals surface area contributed by atoms with Gasteiger partial charge in [0.2, 0.25) is 21.8 Å². The lowest BCUT2D eigenvalue weighted by Crippen LogP contribution is -2.49. The Morgan fingerprint density at radius 1 is 1.00 bits per heavy atom. The van der Waals surface area contributed by atoms with Crippen LogP contribution in [0.5, 0.6) is 0 Å². The number of hydrogen-bond acceptors (Lipinski definition) is 4. The highest BCUT2D eigenvalue weighted by Crippen LogP contribution is 2.28. The summed E-state index contributed by atoms with van der Waals surface area (Å²) in [6, 6.07) is 10.8. The summed E-state index contributed by atoms with van der Waals surface area (Å²) >= 11 is 18.7. The van der Waals surface area contributed by atoms with Gasteiger partial charge in [0.25, 0.3) is 0 Å². The Balaban J connectivity index is 2.26. The van der Waals surface area contributed by atoms with Crippen LogP contribution in [0.25, 0.3) is 0 Å². The van der Waals surface area contributed by atoms with Crippen LogP contribution in [0.3, 0.4) is 0 Å². The maximum atomic E-state index is 13.5. The van der Waals surface area contributed by atoms with E-state index in [0.717, 1.165) is 6.26 Å². The van der Waals surface area contributed by atoms with Crippen LogP contribution < -0.4 is 9.62 Å². The second kappa shape index (κ2) is 14.2. The van der Waals surface area contributed by atoms with Gasteiger partial charge in [0.05, 0.1) is 11.9 Å². The molecule has 0 aliphatic heterocycles. The molecule has 0 bridgehead atoms. The Morgan fingerprint density at radius 2 is 1.59 bits per heavy atom. The van der Waals surface area contributed by atoms with Gasteiger partial charge in [-0.05, 0) is 55.2 Å². The van der Waals surface area contributed by atoms with Crippen LogP contribution in [0.4, 0.5) is 5.69 Å². The second-order valence-electron chi connectivity index (χ2n) is 9.20. The molecule has 11 heteroatoms. The van der Waals surface area contributed by atoms with Crippen LogP contribution in [-0.4, -0.2) is 50.5 Å². The molecular formula is C26H34Cl3N3O4S. The molecule has 0 saturated heterocycles. The highest BCUT2D eigenvalue weighted by molar-refractivity contribution is 7.92. The first-order chi connectivity index (χ1) is 17.3. The number of nitrogens with zero attached hydrogens (tertiary/aromatic N) is 2. The Labute approximate surface area is 235 Å². The van der Waals surface area contributed by atoms with E-state index in [1.807, 2.05) is 20.8 Å². The van der Waals surface area contributed by atoms with Crippen LogP contribution >= 0.6 is 34.8 Å². The molecule has 0 aliphatic carbocycles. The third-order valence-electron chi connectivity index (χ3n) is 5.73. The van der Waals surface area contributed by atoms with Crippen molar-refractivity contribution in [3.05, 3.63) is 63.1 Å². The summed E-state index contributed by atoms with van der Waals surface area (Å²) in [5.74, 6) is -0.308. The molecule has 0 aliphatic rings. The van der Waals surface area contributed by atoms with Gasteiger partial charge >= 0.3 is 0 Å². The molecule has 0 fully saturated rings. The third kappa shape index (κ3) is 9.36. The molecule has 1 N–H and O–H groups in total. The van der Waals surface area contributed by atoms with Crippen LogP contribution in [0.15, 0.2) is 42.5 Å². The summed E-state index contributed by atoms with van der Waals surface area (Å²) in [6.45, 7) is 6.43. The van der Waals surface area contributed by atoms with Gasteiger partial charge in [0.15, 0.2) is 0 Å². The number of hydrogen-bond donors (Lipinski definition) is 1. The first-order valence-corrected chi connectivity index (χ1v) is 15.1. The second-order valence-corrected chi connectivity index (χ2v) is 12.4. The molecule has 2 aromatic carbocycles. The molecule has 0 heterocycles. The van der Waals surface area contributed by atoms with Gasteiger partial charge in [-0.3, -0.25) is 13.9 Å². The fourth-order valence-electron chi connectivity index (χ4n) is 3.81. The minimum absolute atomic E-state index is 0.0235. The lowest BCUT2D eigenvalue weighted by molar-refractivity contribution is -0.141. The zero-order chi connectivity index (χ0) is 27.8. The summed E-state index contributed by atoms with van der Waals surface area (Å²) in [6.07, 6.45) is 1.76. The number of sulfonamides is 1. The fraction of sp³-hybridized carbons (Fsp3) is 0.462. The highest BCUT2D eigenvalue weighted by Gasteiger charge is 2.30. The van der Waals surface area contributed by atoms with E-state index in [2.05, 4.69) is 5.32 Å². The van der Waals surface area contributed by atoms with Crippen LogP contribution in [-0.2, 0) is 26.2 Å². The largest absolute Gasteiger partial charge is 0.354 e. The van der Waals surface area contributed by atoms with E-state index in [4.69, 9.17) is 34.8 Å². The molecule has 2 amide bonds. The fourth-order valence-corrected chi connectivity index (χ4v) is 5.42. The number of anilines is 1. The van der Waals surface area contributed by atoms with Crippen molar-refractivity contribution in [2.45, 2.75) is 52.6 Å². The smallest absolute Gasteiger partial charge is 0.242 e. The van der Waals surface area contributed by atoms with Gasteiger partial charge in [-0.1, -0.05) is 61.6 Å². The minimum atomic E-state index is -3.59. The average molecular weight is 591 g/mol. The first-order valence-electron chi connectivity index (χ1n) is 12.1. The van der Waals surface area contributed by atoms with Crippen LogP contribution in [0, 0.1) is 5.92 Å². The van der Waals surface area contributed by atoms with Crippen molar-refractivity contribution >= 4 is 62.3 Å². The molecule has 37 heavy (non-hydrogen) atoms. The number of carbonyl (C=O) groups excluding carboxylic acids is 2. The Bertz CT molecular complexity index is 1150. The Morgan fingerprint density at radius 3 is 2.11 bits per heavy atom. The van der Waals surface area contributed by atoms with E-state index < -0.39 is 16.1 Å². The molecule has 0 unspecified atom stereocenters. The van der Waals surface area contributed by atoms with E-state index in [1.165, 1.54) is 9.21 Å². The average Bonchev–Trinajstić information content (AvgIpc) is 2.82. The van der Waals surface area contributed by atoms with Crippen molar-refractivity contribution in [1.29, 1.82) is 0 Å². The minimum Gasteiger partial charge on any atom is -0.354 e. The number of halogens is 3. The predicted octanol–water partition coefficient (Wildman–Crippen LogP) is 5.77. The molecule has 0 radical (unpaired) electrons. The molecule has 204 valence electrons. The van der Waals surface area contributed by atoms with Crippen molar-refractivity contribution < 1.29 is 18.0 Å². The van der Waals surface area contributed by atoms with E-state index >= 15 is 0 Å². The first kappa shape index (κ1) is 31.2. The molecule has 0 spiro atoms. The number of benzene rings is 2. The maximum Gasteiger partial charge on any atom is 0.242 e. The van der Waals surface area contributed by atoms with Crippen molar-refractivity contribution in [1.82, 2.24) is 10.2 Å².